The summed E-state index contributed by atoms with van der Waals surface area (Å²) in [6.45, 7) is 7.09. The molecule has 27 heavy (non-hydrogen) atoms. The van der Waals surface area contributed by atoms with Crippen molar-refractivity contribution >= 4 is 15.8 Å². The third-order valence-corrected chi connectivity index (χ3v) is 8.21. The topological polar surface area (TPSA) is 56.8 Å². The van der Waals surface area contributed by atoms with Gasteiger partial charge >= 0.3 is 0 Å². The molecular formula is C20H32N4O2S. The zero-order chi connectivity index (χ0) is 18.7. The van der Waals surface area contributed by atoms with Gasteiger partial charge in [0.1, 0.15) is 10.7 Å². The maximum atomic E-state index is 12.8. The Balaban J connectivity index is 1.34. The quantitative estimate of drug-likeness (QED) is 0.771. The molecule has 0 atom stereocenters. The summed E-state index contributed by atoms with van der Waals surface area (Å²) in [6.07, 6.45) is 9.70. The Bertz CT molecular complexity index is 702. The van der Waals surface area contributed by atoms with Crippen molar-refractivity contribution in [2.75, 3.05) is 50.7 Å². The number of likely N-dealkylation sites (tertiary alicyclic amines) is 1. The smallest absolute Gasteiger partial charge is 0.244 e. The predicted octanol–water partition coefficient (Wildman–Crippen LogP) is 2.57. The van der Waals surface area contributed by atoms with Gasteiger partial charge in [-0.1, -0.05) is 6.42 Å². The Morgan fingerprint density at radius 1 is 0.889 bits per heavy atom. The number of rotatable bonds is 5. The van der Waals surface area contributed by atoms with E-state index < -0.39 is 10.0 Å². The molecule has 0 spiro atoms. The summed E-state index contributed by atoms with van der Waals surface area (Å²) in [6, 6.07) is 3.63. The molecular weight excluding hydrogens is 360 g/mol. The van der Waals surface area contributed by atoms with Crippen molar-refractivity contribution in [3.63, 3.8) is 0 Å². The third-order valence-electron chi connectivity index (χ3n) is 6.33. The van der Waals surface area contributed by atoms with Crippen molar-refractivity contribution in [1.82, 2.24) is 14.2 Å². The summed E-state index contributed by atoms with van der Waals surface area (Å²) in [5, 5.41) is 0. The molecule has 0 aliphatic carbocycles. The molecule has 0 unspecified atom stereocenters. The van der Waals surface area contributed by atoms with Gasteiger partial charge in [-0.2, -0.15) is 4.31 Å². The molecule has 1 aromatic rings. The molecule has 7 heteroatoms. The van der Waals surface area contributed by atoms with E-state index in [4.69, 9.17) is 0 Å². The Hall–Kier alpha value is -1.18. The van der Waals surface area contributed by atoms with Gasteiger partial charge in [0.2, 0.25) is 10.0 Å². The average Bonchev–Trinajstić information content (AvgIpc) is 3.22. The van der Waals surface area contributed by atoms with Crippen LogP contribution in [-0.2, 0) is 10.0 Å². The van der Waals surface area contributed by atoms with Crippen molar-refractivity contribution in [3.8, 4) is 0 Å². The van der Waals surface area contributed by atoms with Gasteiger partial charge in [-0.15, -0.1) is 0 Å². The summed E-state index contributed by atoms with van der Waals surface area (Å²) in [7, 11) is -3.38. The van der Waals surface area contributed by atoms with E-state index in [2.05, 4.69) is 14.8 Å². The number of hydrogen-bond donors (Lipinski definition) is 0. The van der Waals surface area contributed by atoms with Crippen LogP contribution in [0, 0.1) is 5.92 Å². The van der Waals surface area contributed by atoms with Crippen molar-refractivity contribution in [2.24, 2.45) is 5.92 Å². The molecule has 3 aliphatic heterocycles. The van der Waals surface area contributed by atoms with Gasteiger partial charge in [0, 0.05) is 38.9 Å². The van der Waals surface area contributed by atoms with E-state index in [1.54, 1.807) is 16.6 Å². The second-order valence-electron chi connectivity index (χ2n) is 8.25. The highest BCUT2D eigenvalue weighted by Gasteiger charge is 2.27. The molecule has 4 rings (SSSR count). The minimum atomic E-state index is -3.38. The van der Waals surface area contributed by atoms with E-state index in [0.717, 1.165) is 44.1 Å². The molecule has 0 saturated carbocycles. The Kier molecular flexibility index (Phi) is 5.99. The maximum Gasteiger partial charge on any atom is 0.244 e. The molecule has 3 saturated heterocycles. The largest absolute Gasteiger partial charge is 0.357 e. The van der Waals surface area contributed by atoms with Crippen LogP contribution >= 0.6 is 0 Å². The SMILES string of the molecule is O=S(=O)(c1ccc(N2CCC(CN3CCCC3)CC2)nc1)N1CCCCC1. The van der Waals surface area contributed by atoms with Crippen LogP contribution in [-0.4, -0.2) is 68.4 Å². The molecule has 0 aromatic carbocycles. The fourth-order valence-electron chi connectivity index (χ4n) is 4.64. The average molecular weight is 393 g/mol. The van der Waals surface area contributed by atoms with Crippen molar-refractivity contribution < 1.29 is 8.42 Å². The highest BCUT2D eigenvalue weighted by molar-refractivity contribution is 7.89. The van der Waals surface area contributed by atoms with Gasteiger partial charge in [-0.05, 0) is 69.7 Å². The van der Waals surface area contributed by atoms with Crippen LogP contribution in [0.5, 0.6) is 0 Å². The summed E-state index contributed by atoms with van der Waals surface area (Å²) in [4.78, 5) is 9.75. The Morgan fingerprint density at radius 2 is 1.56 bits per heavy atom. The zero-order valence-corrected chi connectivity index (χ0v) is 17.0. The molecule has 6 nitrogen and oxygen atoms in total. The van der Waals surface area contributed by atoms with Crippen molar-refractivity contribution in [1.29, 1.82) is 0 Å². The summed E-state index contributed by atoms with van der Waals surface area (Å²) >= 11 is 0. The van der Waals surface area contributed by atoms with E-state index in [-0.39, 0.29) is 0 Å². The number of anilines is 1. The minimum absolute atomic E-state index is 0.331. The molecule has 0 radical (unpaired) electrons. The van der Waals surface area contributed by atoms with Crippen molar-refractivity contribution in [3.05, 3.63) is 18.3 Å². The Morgan fingerprint density at radius 3 is 2.19 bits per heavy atom. The van der Waals surface area contributed by atoms with E-state index in [1.165, 1.54) is 45.3 Å². The fourth-order valence-corrected chi connectivity index (χ4v) is 6.10. The lowest BCUT2D eigenvalue weighted by Gasteiger charge is -2.34. The van der Waals surface area contributed by atoms with Crippen LogP contribution in [0.2, 0.25) is 0 Å². The van der Waals surface area contributed by atoms with Gasteiger partial charge < -0.3 is 9.80 Å². The number of piperidine rings is 2. The molecule has 1 aromatic heterocycles. The van der Waals surface area contributed by atoms with Crippen LogP contribution in [0.4, 0.5) is 5.82 Å². The number of hydrogen-bond acceptors (Lipinski definition) is 5. The van der Waals surface area contributed by atoms with Crippen LogP contribution in [0.15, 0.2) is 23.2 Å². The molecule has 3 aliphatic rings. The van der Waals surface area contributed by atoms with Crippen LogP contribution in [0.3, 0.4) is 0 Å². The summed E-state index contributed by atoms with van der Waals surface area (Å²) in [5.74, 6) is 1.70. The van der Waals surface area contributed by atoms with Gasteiger partial charge in [0.05, 0.1) is 0 Å². The fraction of sp³-hybridized carbons (Fsp3) is 0.750. The lowest BCUT2D eigenvalue weighted by Crippen LogP contribution is -2.38. The predicted molar refractivity (Wildman–Crippen MR) is 107 cm³/mol. The lowest BCUT2D eigenvalue weighted by atomic mass is 9.96. The van der Waals surface area contributed by atoms with E-state index in [1.807, 2.05) is 6.07 Å². The summed E-state index contributed by atoms with van der Waals surface area (Å²) < 4.78 is 27.1. The molecule has 0 amide bonds. The van der Waals surface area contributed by atoms with Crippen LogP contribution in [0.25, 0.3) is 0 Å². The van der Waals surface area contributed by atoms with Crippen LogP contribution in [0.1, 0.15) is 44.9 Å². The molecule has 3 fully saturated rings. The third kappa shape index (κ3) is 4.46. The lowest BCUT2D eigenvalue weighted by molar-refractivity contribution is 0.249. The molecule has 4 heterocycles. The first-order chi connectivity index (χ1) is 13.1. The van der Waals surface area contributed by atoms with E-state index in [9.17, 15) is 8.42 Å². The minimum Gasteiger partial charge on any atom is -0.357 e. The first kappa shape index (κ1) is 19.2. The normalized spacial score (nSPS) is 23.8. The number of sulfonamides is 1. The van der Waals surface area contributed by atoms with Gasteiger partial charge in [-0.25, -0.2) is 13.4 Å². The van der Waals surface area contributed by atoms with E-state index >= 15 is 0 Å². The second-order valence-corrected chi connectivity index (χ2v) is 10.2. The monoisotopic (exact) mass is 392 g/mol. The first-order valence-electron chi connectivity index (χ1n) is 10.6. The van der Waals surface area contributed by atoms with Gasteiger partial charge in [-0.3, -0.25) is 0 Å². The standard InChI is InChI=1S/C20H32N4O2S/c25-27(26,24-12-2-1-3-13-24)19-6-7-20(21-16-19)23-14-8-18(9-15-23)17-22-10-4-5-11-22/h6-7,16,18H,1-5,8-15,17H2. The van der Waals surface area contributed by atoms with Gasteiger partial charge in [0.25, 0.3) is 0 Å². The van der Waals surface area contributed by atoms with E-state index in [0.29, 0.717) is 18.0 Å². The second kappa shape index (κ2) is 8.45. The highest BCUT2D eigenvalue weighted by atomic mass is 32.2. The molecule has 150 valence electrons. The highest BCUT2D eigenvalue weighted by Crippen LogP contribution is 2.26. The number of aromatic nitrogens is 1. The molecule has 0 bridgehead atoms. The molecule has 0 N–H and O–H groups in total. The Labute approximate surface area is 163 Å². The number of nitrogens with zero attached hydrogens (tertiary/aromatic N) is 4. The van der Waals surface area contributed by atoms with Crippen molar-refractivity contribution in [2.45, 2.75) is 49.8 Å². The summed E-state index contributed by atoms with van der Waals surface area (Å²) in [5.41, 5.74) is 0. The first-order valence-corrected chi connectivity index (χ1v) is 12.0. The van der Waals surface area contributed by atoms with Crippen LogP contribution < -0.4 is 4.90 Å². The number of pyridine rings is 1. The van der Waals surface area contributed by atoms with Gasteiger partial charge in [0.15, 0.2) is 0 Å². The zero-order valence-electron chi connectivity index (χ0n) is 16.2. The maximum absolute atomic E-state index is 12.8.